The molecular weight excluding hydrogens is 552 g/mol. The van der Waals surface area contributed by atoms with Gasteiger partial charge in [0, 0.05) is 36.8 Å². The van der Waals surface area contributed by atoms with E-state index in [9.17, 15) is 30.6 Å². The van der Waals surface area contributed by atoms with E-state index in [4.69, 9.17) is 0 Å². The van der Waals surface area contributed by atoms with E-state index in [1.54, 1.807) is 48.5 Å². The van der Waals surface area contributed by atoms with Crippen LogP contribution in [0.1, 0.15) is 44.5 Å². The molecule has 6 nitrogen and oxygen atoms in total. The lowest BCUT2D eigenvalue weighted by Gasteiger charge is -2.21. The molecule has 44 heavy (non-hydrogen) atoms. The number of phenolic OH excluding ortho intramolecular Hbond substituents is 6. The highest BCUT2D eigenvalue weighted by molar-refractivity contribution is 5.95. The first kappa shape index (κ1) is 28.5. The van der Waals surface area contributed by atoms with Crippen molar-refractivity contribution in [1.29, 1.82) is 0 Å². The van der Waals surface area contributed by atoms with E-state index in [-0.39, 0.29) is 34.5 Å². The monoisotopic (exact) mass is 584 g/mol. The van der Waals surface area contributed by atoms with Crippen LogP contribution >= 0.6 is 0 Å². The number of rotatable bonds is 8. The zero-order chi connectivity index (χ0) is 30.8. The molecule has 0 atom stereocenters. The minimum Gasteiger partial charge on any atom is -0.508 e. The van der Waals surface area contributed by atoms with Gasteiger partial charge in [-0.15, -0.1) is 0 Å². The zero-order valence-electron chi connectivity index (χ0n) is 23.9. The van der Waals surface area contributed by atoms with Crippen LogP contribution in [-0.4, -0.2) is 30.6 Å². The zero-order valence-corrected chi connectivity index (χ0v) is 23.9. The van der Waals surface area contributed by atoms with Gasteiger partial charge in [0.1, 0.15) is 34.5 Å². The van der Waals surface area contributed by atoms with Gasteiger partial charge in [-0.1, -0.05) is 48.5 Å². The lowest BCUT2D eigenvalue weighted by molar-refractivity contribution is 0.462. The molecule has 0 saturated heterocycles. The third kappa shape index (κ3) is 6.10. The molecule has 0 radical (unpaired) electrons. The van der Waals surface area contributed by atoms with Crippen molar-refractivity contribution in [3.8, 4) is 34.5 Å². The van der Waals surface area contributed by atoms with Gasteiger partial charge in [-0.2, -0.15) is 0 Å². The number of hydrogen-bond acceptors (Lipinski definition) is 6. The molecule has 0 fully saturated rings. The number of phenols is 6. The number of benzene rings is 6. The summed E-state index contributed by atoms with van der Waals surface area (Å²) in [4.78, 5) is 0. The van der Waals surface area contributed by atoms with Crippen molar-refractivity contribution in [2.75, 3.05) is 0 Å². The van der Waals surface area contributed by atoms with Crippen molar-refractivity contribution >= 4 is 10.8 Å². The molecule has 6 heteroatoms. The number of hydrogen-bond donors (Lipinski definition) is 6. The van der Waals surface area contributed by atoms with Crippen molar-refractivity contribution in [3.05, 3.63) is 154 Å². The van der Waals surface area contributed by atoms with Crippen molar-refractivity contribution in [2.24, 2.45) is 0 Å². The fraction of sp³-hybridized carbons (Fsp3) is 0.105. The minimum atomic E-state index is 0.122. The first-order chi connectivity index (χ1) is 21.2. The smallest absolute Gasteiger partial charge is 0.123 e. The lowest BCUT2D eigenvalue weighted by Crippen LogP contribution is -2.03. The second-order valence-corrected chi connectivity index (χ2v) is 11.2. The highest BCUT2D eigenvalue weighted by Gasteiger charge is 2.22. The molecule has 6 rings (SSSR count). The van der Waals surface area contributed by atoms with Gasteiger partial charge in [-0.3, -0.25) is 0 Å². The summed E-state index contributed by atoms with van der Waals surface area (Å²) in [6.07, 6.45) is 1.55. The minimum absolute atomic E-state index is 0.122. The van der Waals surface area contributed by atoms with Gasteiger partial charge < -0.3 is 30.6 Å². The number of aromatic hydroxyl groups is 6. The van der Waals surface area contributed by atoms with E-state index in [0.29, 0.717) is 47.9 Å². The molecule has 0 aliphatic heterocycles. The van der Waals surface area contributed by atoms with Gasteiger partial charge >= 0.3 is 0 Å². The molecule has 0 aromatic heterocycles. The van der Waals surface area contributed by atoms with E-state index >= 15 is 0 Å². The summed E-state index contributed by atoms with van der Waals surface area (Å²) >= 11 is 0. The van der Waals surface area contributed by atoms with E-state index in [1.807, 2.05) is 60.7 Å². The third-order valence-electron chi connectivity index (χ3n) is 8.03. The topological polar surface area (TPSA) is 121 Å². The van der Waals surface area contributed by atoms with Gasteiger partial charge in [0.15, 0.2) is 0 Å². The Morgan fingerprint density at radius 3 is 0.909 bits per heavy atom. The molecule has 0 bridgehead atoms. The van der Waals surface area contributed by atoms with Crippen molar-refractivity contribution in [2.45, 2.75) is 25.7 Å². The van der Waals surface area contributed by atoms with Crippen LogP contribution in [0.3, 0.4) is 0 Å². The summed E-state index contributed by atoms with van der Waals surface area (Å²) in [6, 6.07) is 31.4. The summed E-state index contributed by atoms with van der Waals surface area (Å²) in [7, 11) is 0. The van der Waals surface area contributed by atoms with E-state index < -0.39 is 0 Å². The predicted octanol–water partition coefficient (Wildman–Crippen LogP) is 7.44. The Kier molecular flexibility index (Phi) is 7.73. The molecule has 0 amide bonds. The van der Waals surface area contributed by atoms with Crippen molar-refractivity contribution in [3.63, 3.8) is 0 Å². The summed E-state index contributed by atoms with van der Waals surface area (Å²) in [5.74, 6) is 0.866. The average Bonchev–Trinajstić information content (AvgIpc) is 3.01. The number of fused-ring (bicyclic) bond motifs is 1. The normalized spacial score (nSPS) is 11.2. The Balaban J connectivity index is 1.58. The van der Waals surface area contributed by atoms with Crippen molar-refractivity contribution < 1.29 is 30.6 Å². The van der Waals surface area contributed by atoms with Gasteiger partial charge in [-0.05, 0) is 105 Å². The van der Waals surface area contributed by atoms with Gasteiger partial charge in [0.2, 0.25) is 0 Å². The molecule has 0 saturated carbocycles. The Morgan fingerprint density at radius 2 is 0.614 bits per heavy atom. The lowest BCUT2D eigenvalue weighted by atomic mass is 9.85. The highest BCUT2D eigenvalue weighted by Crippen LogP contribution is 2.42. The van der Waals surface area contributed by atoms with E-state index in [0.717, 1.165) is 33.0 Å². The second-order valence-electron chi connectivity index (χ2n) is 11.2. The standard InChI is InChI=1S/C38H32O6/c39-30-9-1-23(2-10-30)17-28-21-27-22-29(18-24-3-11-31(40)12-4-24)38(44)35(20-26-7-15-33(42)16-8-26)36(27)34(37(28)43)19-25-5-13-32(41)14-6-25/h1-16,21-22,39-44H,17-20H2. The van der Waals surface area contributed by atoms with Crippen LogP contribution in [0.5, 0.6) is 34.5 Å². The Hall–Kier alpha value is -5.62. The van der Waals surface area contributed by atoms with Crippen LogP contribution in [0.4, 0.5) is 0 Å². The molecule has 220 valence electrons. The maximum Gasteiger partial charge on any atom is 0.123 e. The SMILES string of the molecule is Oc1ccc(Cc2cc3cc(Cc4ccc(O)cc4)c(O)c(Cc4ccc(O)cc4)c3c(Cc3ccc(O)cc3)c2O)cc1. The Bertz CT molecular complexity index is 1790. The van der Waals surface area contributed by atoms with Crippen LogP contribution in [0.2, 0.25) is 0 Å². The maximum absolute atomic E-state index is 11.8. The molecule has 6 aromatic rings. The molecule has 0 spiro atoms. The largest absolute Gasteiger partial charge is 0.508 e. The van der Waals surface area contributed by atoms with Crippen LogP contribution in [-0.2, 0) is 25.7 Å². The fourth-order valence-corrected chi connectivity index (χ4v) is 5.77. The van der Waals surface area contributed by atoms with Crippen LogP contribution in [0, 0.1) is 0 Å². The quantitative estimate of drug-likeness (QED) is 0.111. The first-order valence-corrected chi connectivity index (χ1v) is 14.4. The summed E-state index contributed by atoms with van der Waals surface area (Å²) in [5, 5.41) is 64.6. The fourth-order valence-electron chi connectivity index (χ4n) is 5.77. The second kappa shape index (κ2) is 11.9. The maximum atomic E-state index is 11.8. The van der Waals surface area contributed by atoms with Crippen LogP contribution in [0.15, 0.2) is 109 Å². The van der Waals surface area contributed by atoms with Crippen molar-refractivity contribution in [1.82, 2.24) is 0 Å². The highest BCUT2D eigenvalue weighted by atomic mass is 16.3. The van der Waals surface area contributed by atoms with Crippen LogP contribution in [0.25, 0.3) is 10.8 Å². The van der Waals surface area contributed by atoms with Gasteiger partial charge in [0.25, 0.3) is 0 Å². The predicted molar refractivity (Wildman–Crippen MR) is 171 cm³/mol. The molecular formula is C38H32O6. The van der Waals surface area contributed by atoms with Gasteiger partial charge in [0.05, 0.1) is 0 Å². The molecule has 0 aliphatic carbocycles. The molecule has 0 aliphatic rings. The summed E-state index contributed by atoms with van der Waals surface area (Å²) in [5.41, 5.74) is 6.31. The van der Waals surface area contributed by atoms with Gasteiger partial charge in [-0.25, -0.2) is 0 Å². The van der Waals surface area contributed by atoms with E-state index in [1.165, 1.54) is 0 Å². The molecule has 0 heterocycles. The van der Waals surface area contributed by atoms with Crippen LogP contribution < -0.4 is 0 Å². The Labute approximate surface area is 255 Å². The average molecular weight is 585 g/mol. The molecule has 0 unspecified atom stereocenters. The molecule has 6 N–H and O–H groups in total. The third-order valence-corrected chi connectivity index (χ3v) is 8.03. The Morgan fingerprint density at radius 1 is 0.341 bits per heavy atom. The van der Waals surface area contributed by atoms with E-state index in [2.05, 4.69) is 0 Å². The summed E-state index contributed by atoms with van der Waals surface area (Å²) < 4.78 is 0. The molecule has 6 aromatic carbocycles. The first-order valence-electron chi connectivity index (χ1n) is 14.4. The summed E-state index contributed by atoms with van der Waals surface area (Å²) in [6.45, 7) is 0.